The Hall–Kier alpha value is -3.84. The average Bonchev–Trinajstić information content (AvgIpc) is 3.54. The zero-order chi connectivity index (χ0) is 26.1. The molecule has 0 spiro atoms. The topological polar surface area (TPSA) is 42.3 Å². The van der Waals surface area contributed by atoms with Crippen LogP contribution in [0.1, 0.15) is 23.5 Å². The first kappa shape index (κ1) is 24.5. The summed E-state index contributed by atoms with van der Waals surface area (Å²) in [6, 6.07) is 32.7. The van der Waals surface area contributed by atoms with Crippen molar-refractivity contribution in [2.45, 2.75) is 12.1 Å². The molecule has 1 N–H and O–H groups in total. The fourth-order valence-electron chi connectivity index (χ4n) is 4.76. The molecule has 6 rings (SSSR count). The van der Waals surface area contributed by atoms with Gasteiger partial charge in [0.1, 0.15) is 17.5 Å². The number of hydrogen-bond acceptors (Lipinski definition) is 3. The number of pyridine rings is 1. The van der Waals surface area contributed by atoms with E-state index in [0.717, 1.165) is 34.3 Å². The number of nitrogens with one attached hydrogen (secondary N) is 1. The Bertz CT molecular complexity index is 1580. The highest BCUT2D eigenvalue weighted by molar-refractivity contribution is 7.80. The van der Waals surface area contributed by atoms with Gasteiger partial charge in [-0.2, -0.15) is 0 Å². The van der Waals surface area contributed by atoms with Crippen molar-refractivity contribution in [3.05, 3.63) is 137 Å². The molecular formula is C30H22Cl2N4OS. The fraction of sp³-hybridized carbons (Fsp3) is 0.0667. The lowest BCUT2D eigenvalue weighted by Crippen LogP contribution is -2.30. The SMILES string of the molecule is S=C1NC(c2ccccn2)C(c2cccn2-c2ccc(Cl)cc2Cl)N1c1ccc(Oc2ccccc2)cc1. The van der Waals surface area contributed by atoms with Crippen molar-refractivity contribution < 1.29 is 4.74 Å². The summed E-state index contributed by atoms with van der Waals surface area (Å²) in [6.07, 6.45) is 3.79. The van der Waals surface area contributed by atoms with E-state index in [0.29, 0.717) is 15.2 Å². The van der Waals surface area contributed by atoms with E-state index in [1.54, 1.807) is 12.3 Å². The molecule has 1 aliphatic rings. The van der Waals surface area contributed by atoms with Crippen molar-refractivity contribution >= 4 is 46.2 Å². The zero-order valence-electron chi connectivity index (χ0n) is 20.0. The van der Waals surface area contributed by atoms with Gasteiger partial charge >= 0.3 is 0 Å². The van der Waals surface area contributed by atoms with Gasteiger partial charge in [-0.1, -0.05) is 47.5 Å². The van der Waals surface area contributed by atoms with Crippen molar-refractivity contribution in [2.75, 3.05) is 4.90 Å². The van der Waals surface area contributed by atoms with Crippen LogP contribution in [-0.2, 0) is 0 Å². The molecule has 1 fully saturated rings. The number of hydrogen-bond donors (Lipinski definition) is 1. The number of aromatic nitrogens is 2. The first-order valence-corrected chi connectivity index (χ1v) is 13.2. The molecule has 0 amide bonds. The molecule has 2 atom stereocenters. The van der Waals surface area contributed by atoms with E-state index < -0.39 is 0 Å². The van der Waals surface area contributed by atoms with Gasteiger partial charge in [0, 0.05) is 28.8 Å². The number of halogens is 2. The Morgan fingerprint density at radius 2 is 1.58 bits per heavy atom. The molecule has 0 bridgehead atoms. The van der Waals surface area contributed by atoms with E-state index in [-0.39, 0.29) is 12.1 Å². The molecule has 188 valence electrons. The Morgan fingerprint density at radius 3 is 2.32 bits per heavy atom. The highest BCUT2D eigenvalue weighted by atomic mass is 35.5. The van der Waals surface area contributed by atoms with Crippen LogP contribution in [0.15, 0.2) is 116 Å². The summed E-state index contributed by atoms with van der Waals surface area (Å²) in [4.78, 5) is 6.78. The third-order valence-corrected chi connectivity index (χ3v) is 7.30. The third-order valence-electron chi connectivity index (χ3n) is 6.44. The first-order chi connectivity index (χ1) is 18.6. The van der Waals surface area contributed by atoms with Gasteiger partial charge in [0.05, 0.1) is 22.4 Å². The van der Waals surface area contributed by atoms with E-state index in [1.807, 2.05) is 97.2 Å². The Labute approximate surface area is 236 Å². The van der Waals surface area contributed by atoms with E-state index >= 15 is 0 Å². The predicted octanol–water partition coefficient (Wildman–Crippen LogP) is 8.15. The van der Waals surface area contributed by atoms with Crippen molar-refractivity contribution in [3.63, 3.8) is 0 Å². The summed E-state index contributed by atoms with van der Waals surface area (Å²) in [6.45, 7) is 0. The monoisotopic (exact) mass is 556 g/mol. The van der Waals surface area contributed by atoms with Crippen LogP contribution in [-0.4, -0.2) is 14.7 Å². The molecule has 5 nitrogen and oxygen atoms in total. The maximum absolute atomic E-state index is 6.63. The summed E-state index contributed by atoms with van der Waals surface area (Å²) in [5, 5.41) is 5.27. The summed E-state index contributed by atoms with van der Waals surface area (Å²) in [5.74, 6) is 1.52. The van der Waals surface area contributed by atoms with Gasteiger partial charge in [-0.05, 0) is 91.1 Å². The Kier molecular flexibility index (Phi) is 6.77. The molecule has 1 aliphatic heterocycles. The molecule has 2 aromatic heterocycles. The minimum absolute atomic E-state index is 0.191. The first-order valence-electron chi connectivity index (χ1n) is 12.0. The van der Waals surface area contributed by atoms with Crippen molar-refractivity contribution in [3.8, 4) is 17.2 Å². The van der Waals surface area contributed by atoms with Crippen molar-refractivity contribution in [2.24, 2.45) is 0 Å². The standard InChI is InChI=1S/C30H22Cl2N4OS/c31-20-11-16-26(24(32)19-20)35-18-6-10-27(35)29-28(25-9-4-5-17-33-25)34-30(38)36(29)21-12-14-23(15-13-21)37-22-7-2-1-3-8-22/h1-19,28-29H,(H,34,38). The predicted molar refractivity (Wildman–Crippen MR) is 157 cm³/mol. The largest absolute Gasteiger partial charge is 0.457 e. The molecule has 0 saturated carbocycles. The second-order valence-electron chi connectivity index (χ2n) is 8.80. The highest BCUT2D eigenvalue weighted by Crippen LogP contribution is 2.43. The lowest BCUT2D eigenvalue weighted by Gasteiger charge is -2.29. The van der Waals surface area contributed by atoms with Gasteiger partial charge in [0.2, 0.25) is 0 Å². The minimum Gasteiger partial charge on any atom is -0.457 e. The number of ether oxygens (including phenoxy) is 1. The molecule has 1 saturated heterocycles. The number of nitrogens with zero attached hydrogens (tertiary/aromatic N) is 3. The van der Waals surface area contributed by atoms with Crippen LogP contribution >= 0.6 is 35.4 Å². The summed E-state index contributed by atoms with van der Waals surface area (Å²) >= 11 is 18.7. The summed E-state index contributed by atoms with van der Waals surface area (Å²) in [5.41, 5.74) is 3.66. The maximum atomic E-state index is 6.63. The van der Waals surface area contributed by atoms with Crippen LogP contribution in [0, 0.1) is 0 Å². The Morgan fingerprint density at radius 1 is 0.816 bits per heavy atom. The summed E-state index contributed by atoms with van der Waals surface area (Å²) in [7, 11) is 0. The van der Waals surface area contributed by atoms with Crippen molar-refractivity contribution in [1.82, 2.24) is 14.9 Å². The smallest absolute Gasteiger partial charge is 0.174 e. The molecule has 0 aliphatic carbocycles. The second kappa shape index (κ2) is 10.5. The Balaban J connectivity index is 1.42. The third kappa shape index (κ3) is 4.74. The molecular weight excluding hydrogens is 535 g/mol. The van der Waals surface area contributed by atoms with Gasteiger partial charge < -0.3 is 19.5 Å². The summed E-state index contributed by atoms with van der Waals surface area (Å²) < 4.78 is 8.08. The number of benzene rings is 3. The lowest BCUT2D eigenvalue weighted by atomic mass is 10.0. The van der Waals surface area contributed by atoms with Gasteiger partial charge in [0.15, 0.2) is 5.11 Å². The quantitative estimate of drug-likeness (QED) is 0.214. The second-order valence-corrected chi connectivity index (χ2v) is 10.0. The molecule has 5 aromatic rings. The highest BCUT2D eigenvalue weighted by Gasteiger charge is 2.42. The fourth-order valence-corrected chi connectivity index (χ4v) is 5.61. The molecule has 2 unspecified atom stereocenters. The van der Waals surface area contributed by atoms with Gasteiger partial charge in [-0.3, -0.25) is 4.98 Å². The van der Waals surface area contributed by atoms with Crippen LogP contribution in [0.25, 0.3) is 5.69 Å². The maximum Gasteiger partial charge on any atom is 0.174 e. The van der Waals surface area contributed by atoms with E-state index in [1.165, 1.54) is 0 Å². The van der Waals surface area contributed by atoms with Gasteiger partial charge in [-0.15, -0.1) is 0 Å². The van der Waals surface area contributed by atoms with Crippen molar-refractivity contribution in [1.29, 1.82) is 0 Å². The van der Waals surface area contributed by atoms with Crippen LogP contribution in [0.5, 0.6) is 11.5 Å². The molecule has 8 heteroatoms. The molecule has 0 radical (unpaired) electrons. The normalized spacial score (nSPS) is 16.9. The van der Waals surface area contributed by atoms with E-state index in [4.69, 9.17) is 40.2 Å². The number of thiocarbonyl (C=S) groups is 1. The van der Waals surface area contributed by atoms with Gasteiger partial charge in [-0.25, -0.2) is 0 Å². The van der Waals surface area contributed by atoms with Crippen LogP contribution in [0.2, 0.25) is 10.0 Å². The zero-order valence-corrected chi connectivity index (χ0v) is 22.4. The van der Waals surface area contributed by atoms with Crippen LogP contribution in [0.4, 0.5) is 5.69 Å². The van der Waals surface area contributed by atoms with E-state index in [9.17, 15) is 0 Å². The molecule has 3 heterocycles. The number of para-hydroxylation sites is 1. The lowest BCUT2D eigenvalue weighted by molar-refractivity contribution is 0.482. The molecule has 38 heavy (non-hydrogen) atoms. The number of rotatable bonds is 6. The van der Waals surface area contributed by atoms with E-state index in [2.05, 4.69) is 25.8 Å². The van der Waals surface area contributed by atoms with Crippen LogP contribution < -0.4 is 15.0 Å². The molecule has 3 aromatic carbocycles. The van der Waals surface area contributed by atoms with Gasteiger partial charge in [0.25, 0.3) is 0 Å². The minimum atomic E-state index is -0.208. The number of anilines is 1. The van der Waals surface area contributed by atoms with Crippen LogP contribution in [0.3, 0.4) is 0 Å². The average molecular weight is 558 g/mol.